The first kappa shape index (κ1) is 19.2. The van der Waals surface area contributed by atoms with E-state index in [0.29, 0.717) is 25.6 Å². The molecule has 4 rings (SSSR count). The predicted molar refractivity (Wildman–Crippen MR) is 112 cm³/mol. The maximum atomic E-state index is 12.6. The highest BCUT2D eigenvalue weighted by molar-refractivity contribution is 5.84. The highest BCUT2D eigenvalue weighted by Gasteiger charge is 2.29. The molecule has 1 atom stereocenters. The van der Waals surface area contributed by atoms with Gasteiger partial charge in [-0.1, -0.05) is 67.8 Å². The average Bonchev–Trinajstić information content (AvgIpc) is 3.05. The number of aliphatic hydroxyl groups excluding tert-OH is 1. The average molecular weight is 379 g/mol. The molecule has 1 unspecified atom stereocenters. The Morgan fingerprint density at radius 3 is 2.18 bits per heavy atom. The zero-order valence-electron chi connectivity index (χ0n) is 16.4. The summed E-state index contributed by atoms with van der Waals surface area (Å²) in [4.78, 5) is 12.6. The molecular weight excluding hydrogens is 348 g/mol. The fourth-order valence-corrected chi connectivity index (χ4v) is 4.65. The van der Waals surface area contributed by atoms with Gasteiger partial charge < -0.3 is 15.7 Å². The van der Waals surface area contributed by atoms with Gasteiger partial charge in [0.25, 0.3) is 0 Å². The zero-order valence-corrected chi connectivity index (χ0v) is 16.4. The predicted octanol–water partition coefficient (Wildman–Crippen LogP) is 3.59. The topological polar surface area (TPSA) is 61.4 Å². The lowest BCUT2D eigenvalue weighted by molar-refractivity contribution is -0.121. The van der Waals surface area contributed by atoms with Crippen LogP contribution in [-0.2, 0) is 4.79 Å². The minimum atomic E-state index is -0.547. The summed E-state index contributed by atoms with van der Waals surface area (Å²) >= 11 is 0. The molecule has 28 heavy (non-hydrogen) atoms. The first-order valence-electron chi connectivity index (χ1n) is 10.6. The number of fused-ring (bicyclic) bond motifs is 3. The zero-order chi connectivity index (χ0) is 19.3. The Bertz CT molecular complexity index is 768. The summed E-state index contributed by atoms with van der Waals surface area (Å²) < 4.78 is 0. The number of hydrogen-bond acceptors (Lipinski definition) is 3. The lowest BCUT2D eigenvalue weighted by Gasteiger charge is -2.24. The fourth-order valence-electron chi connectivity index (χ4n) is 4.65. The van der Waals surface area contributed by atoms with E-state index in [4.69, 9.17) is 0 Å². The largest absolute Gasteiger partial charge is 0.390 e. The number of benzene rings is 2. The van der Waals surface area contributed by atoms with Crippen LogP contribution in [0.1, 0.15) is 55.6 Å². The first-order chi connectivity index (χ1) is 13.7. The van der Waals surface area contributed by atoms with Crippen LogP contribution in [0.2, 0.25) is 0 Å². The van der Waals surface area contributed by atoms with Crippen molar-refractivity contribution < 1.29 is 9.90 Å². The van der Waals surface area contributed by atoms with Crippen LogP contribution in [-0.4, -0.2) is 36.2 Å². The van der Waals surface area contributed by atoms with Gasteiger partial charge in [-0.15, -0.1) is 0 Å². The SMILES string of the molecule is O=C(CC1c2ccccc2-c2ccccc21)NCC(O)CNC1CCCCC1. The molecule has 148 valence electrons. The number of carbonyl (C=O) groups is 1. The van der Waals surface area contributed by atoms with Crippen molar-refractivity contribution in [1.29, 1.82) is 0 Å². The third-order valence-corrected chi connectivity index (χ3v) is 6.13. The molecule has 4 heteroatoms. The Labute approximate surface area is 167 Å². The van der Waals surface area contributed by atoms with Gasteiger partial charge in [-0.05, 0) is 35.1 Å². The van der Waals surface area contributed by atoms with E-state index in [2.05, 4.69) is 34.9 Å². The van der Waals surface area contributed by atoms with E-state index in [0.717, 1.165) is 0 Å². The normalized spacial score (nSPS) is 17.8. The lowest BCUT2D eigenvalue weighted by Crippen LogP contribution is -2.42. The molecular formula is C24H30N2O2. The number of nitrogens with one attached hydrogen (secondary N) is 2. The molecule has 2 aliphatic rings. The van der Waals surface area contributed by atoms with Gasteiger partial charge in [0.15, 0.2) is 0 Å². The summed E-state index contributed by atoms with van der Waals surface area (Å²) in [5.41, 5.74) is 4.90. The molecule has 2 aromatic rings. The second-order valence-corrected chi connectivity index (χ2v) is 8.13. The monoisotopic (exact) mass is 378 g/mol. The van der Waals surface area contributed by atoms with Gasteiger partial charge in [-0.25, -0.2) is 0 Å². The van der Waals surface area contributed by atoms with Gasteiger partial charge in [-0.3, -0.25) is 4.79 Å². The van der Waals surface area contributed by atoms with E-state index in [1.54, 1.807) is 0 Å². The van der Waals surface area contributed by atoms with Crippen molar-refractivity contribution in [2.45, 2.75) is 56.6 Å². The summed E-state index contributed by atoms with van der Waals surface area (Å²) in [6.07, 6.45) is 6.12. The summed E-state index contributed by atoms with van der Waals surface area (Å²) in [5, 5.41) is 16.6. The molecule has 0 spiro atoms. The lowest BCUT2D eigenvalue weighted by atomic mass is 9.93. The Morgan fingerprint density at radius 2 is 1.54 bits per heavy atom. The number of amides is 1. The Morgan fingerprint density at radius 1 is 0.929 bits per heavy atom. The van der Waals surface area contributed by atoms with Crippen molar-refractivity contribution in [3.05, 3.63) is 59.7 Å². The van der Waals surface area contributed by atoms with Gasteiger partial charge in [0, 0.05) is 31.5 Å². The van der Waals surface area contributed by atoms with Crippen molar-refractivity contribution in [1.82, 2.24) is 10.6 Å². The molecule has 0 bridgehead atoms. The molecule has 0 saturated heterocycles. The molecule has 0 heterocycles. The second kappa shape index (κ2) is 8.89. The van der Waals surface area contributed by atoms with Gasteiger partial charge in [0.1, 0.15) is 0 Å². The summed E-state index contributed by atoms with van der Waals surface area (Å²) in [6.45, 7) is 0.842. The fraction of sp³-hybridized carbons (Fsp3) is 0.458. The van der Waals surface area contributed by atoms with Gasteiger partial charge >= 0.3 is 0 Å². The minimum Gasteiger partial charge on any atom is -0.390 e. The maximum Gasteiger partial charge on any atom is 0.221 e. The van der Waals surface area contributed by atoms with Crippen molar-refractivity contribution >= 4 is 5.91 Å². The van der Waals surface area contributed by atoms with Crippen LogP contribution in [0.15, 0.2) is 48.5 Å². The summed E-state index contributed by atoms with van der Waals surface area (Å²) in [6, 6.07) is 17.2. The van der Waals surface area contributed by atoms with Crippen LogP contribution < -0.4 is 10.6 Å². The molecule has 0 radical (unpaired) electrons. The highest BCUT2D eigenvalue weighted by Crippen LogP contribution is 2.45. The van der Waals surface area contributed by atoms with E-state index in [9.17, 15) is 9.90 Å². The number of hydrogen-bond donors (Lipinski definition) is 3. The molecule has 2 aliphatic carbocycles. The van der Waals surface area contributed by atoms with Crippen molar-refractivity contribution in [2.24, 2.45) is 0 Å². The second-order valence-electron chi connectivity index (χ2n) is 8.13. The van der Waals surface area contributed by atoms with Crippen molar-refractivity contribution in [3.8, 4) is 11.1 Å². The maximum absolute atomic E-state index is 12.6. The third-order valence-electron chi connectivity index (χ3n) is 6.13. The molecule has 1 saturated carbocycles. The molecule has 0 aromatic heterocycles. The minimum absolute atomic E-state index is 0.00628. The van der Waals surface area contributed by atoms with Crippen LogP contribution in [0.25, 0.3) is 11.1 Å². The number of rotatable bonds is 7. The van der Waals surface area contributed by atoms with Crippen LogP contribution >= 0.6 is 0 Å². The van der Waals surface area contributed by atoms with Gasteiger partial charge in [0.05, 0.1) is 6.10 Å². The van der Waals surface area contributed by atoms with Gasteiger partial charge in [0.2, 0.25) is 5.91 Å². The number of aliphatic hydroxyl groups is 1. The quantitative estimate of drug-likeness (QED) is 0.690. The molecule has 1 amide bonds. The van der Waals surface area contributed by atoms with Crippen molar-refractivity contribution in [2.75, 3.05) is 13.1 Å². The van der Waals surface area contributed by atoms with Crippen LogP contribution in [0.5, 0.6) is 0 Å². The molecule has 1 fully saturated rings. The Hall–Kier alpha value is -2.17. The highest BCUT2D eigenvalue weighted by atomic mass is 16.3. The van der Waals surface area contributed by atoms with Gasteiger partial charge in [-0.2, -0.15) is 0 Å². The van der Waals surface area contributed by atoms with Crippen LogP contribution in [0, 0.1) is 0 Å². The van der Waals surface area contributed by atoms with E-state index < -0.39 is 6.10 Å². The smallest absolute Gasteiger partial charge is 0.221 e. The third kappa shape index (κ3) is 4.29. The Balaban J connectivity index is 1.30. The summed E-state index contributed by atoms with van der Waals surface area (Å²) in [5.74, 6) is 0.0816. The molecule has 0 aliphatic heterocycles. The van der Waals surface area contributed by atoms with E-state index >= 15 is 0 Å². The van der Waals surface area contributed by atoms with Crippen LogP contribution in [0.4, 0.5) is 0 Å². The van der Waals surface area contributed by atoms with Crippen molar-refractivity contribution in [3.63, 3.8) is 0 Å². The number of carbonyl (C=O) groups excluding carboxylic acids is 1. The first-order valence-corrected chi connectivity index (χ1v) is 10.6. The van der Waals surface area contributed by atoms with E-state index in [1.807, 2.05) is 24.3 Å². The standard InChI is InChI=1S/C24H30N2O2/c27-18(15-25-17-8-2-1-3-9-17)16-26-24(28)14-23-21-12-6-4-10-19(21)20-11-5-7-13-22(20)23/h4-7,10-13,17-18,23,25,27H,1-3,8-9,14-16H2,(H,26,28). The Kier molecular flexibility index (Phi) is 6.08. The van der Waals surface area contributed by atoms with E-state index in [-0.39, 0.29) is 11.8 Å². The summed E-state index contributed by atoms with van der Waals surface area (Å²) in [7, 11) is 0. The van der Waals surface area contributed by atoms with Crippen LogP contribution in [0.3, 0.4) is 0 Å². The molecule has 3 N–H and O–H groups in total. The van der Waals surface area contributed by atoms with E-state index in [1.165, 1.54) is 54.4 Å². The molecule has 4 nitrogen and oxygen atoms in total. The molecule has 2 aromatic carbocycles.